The molecule has 0 spiro atoms. The molecule has 11 heavy (non-hydrogen) atoms. The normalized spacial score (nSPS) is 13.9. The first kappa shape index (κ1) is 10.9. The number of unbranched alkanes of at least 4 members (excludes halogenated alkanes) is 1. The van der Waals surface area contributed by atoms with E-state index in [9.17, 15) is 0 Å². The van der Waals surface area contributed by atoms with Crippen LogP contribution in [0.1, 0.15) is 19.3 Å². The van der Waals surface area contributed by atoms with E-state index in [0.717, 1.165) is 19.4 Å². The highest BCUT2D eigenvalue weighted by Crippen LogP contribution is 2.00. The van der Waals surface area contributed by atoms with Gasteiger partial charge in [0.15, 0.2) is 0 Å². The van der Waals surface area contributed by atoms with Crippen molar-refractivity contribution >= 4 is 0 Å². The lowest BCUT2D eigenvalue weighted by atomic mass is 10.1. The molecule has 0 aromatic carbocycles. The van der Waals surface area contributed by atoms with Crippen LogP contribution in [0, 0.1) is 0 Å². The number of hydrogen-bond acceptors (Lipinski definition) is 3. The van der Waals surface area contributed by atoms with Crippen LogP contribution in [0.25, 0.3) is 0 Å². The van der Waals surface area contributed by atoms with Gasteiger partial charge >= 0.3 is 0 Å². The number of aliphatic hydroxyl groups excluding tert-OH is 2. The maximum Gasteiger partial charge on any atom is 0.0770 e. The van der Waals surface area contributed by atoms with Crippen LogP contribution in [0.3, 0.4) is 0 Å². The van der Waals surface area contributed by atoms with Gasteiger partial charge in [-0.05, 0) is 39.9 Å². The van der Waals surface area contributed by atoms with Gasteiger partial charge in [0, 0.05) is 0 Å². The average molecular weight is 161 g/mol. The van der Waals surface area contributed by atoms with E-state index in [1.54, 1.807) is 0 Å². The Balaban J connectivity index is 3.01. The van der Waals surface area contributed by atoms with Crippen molar-refractivity contribution in [3.63, 3.8) is 0 Å². The molecule has 3 nitrogen and oxygen atoms in total. The van der Waals surface area contributed by atoms with Crippen LogP contribution in [0.5, 0.6) is 0 Å². The first-order chi connectivity index (χ1) is 5.16. The molecular formula is C8H19NO2. The Bertz CT molecular complexity index is 86.2. The molecule has 1 atom stereocenters. The van der Waals surface area contributed by atoms with E-state index in [2.05, 4.69) is 4.90 Å². The Morgan fingerprint density at radius 1 is 1.27 bits per heavy atom. The fourth-order valence-electron chi connectivity index (χ4n) is 0.899. The van der Waals surface area contributed by atoms with Gasteiger partial charge in [0.05, 0.1) is 12.7 Å². The maximum atomic E-state index is 8.96. The summed E-state index contributed by atoms with van der Waals surface area (Å²) in [6, 6.07) is 0. The number of aliphatic hydroxyl groups is 2. The van der Waals surface area contributed by atoms with Crippen LogP contribution in [-0.4, -0.2) is 48.5 Å². The van der Waals surface area contributed by atoms with Gasteiger partial charge < -0.3 is 15.1 Å². The average Bonchev–Trinajstić information content (AvgIpc) is 1.97. The van der Waals surface area contributed by atoms with Crippen LogP contribution in [0.15, 0.2) is 0 Å². The molecule has 0 rings (SSSR count). The van der Waals surface area contributed by atoms with Crippen molar-refractivity contribution in [2.24, 2.45) is 0 Å². The Hall–Kier alpha value is -0.120. The lowest BCUT2D eigenvalue weighted by molar-refractivity contribution is 0.0856. The maximum absolute atomic E-state index is 8.96. The van der Waals surface area contributed by atoms with Gasteiger partial charge in [0.1, 0.15) is 0 Å². The molecule has 0 saturated carbocycles. The monoisotopic (exact) mass is 161 g/mol. The molecule has 0 saturated heterocycles. The minimum atomic E-state index is -0.517. The quantitative estimate of drug-likeness (QED) is 0.542. The molecule has 0 aliphatic carbocycles. The van der Waals surface area contributed by atoms with Gasteiger partial charge in [0.2, 0.25) is 0 Å². The molecule has 0 aliphatic rings. The van der Waals surface area contributed by atoms with Crippen molar-refractivity contribution in [3.05, 3.63) is 0 Å². The van der Waals surface area contributed by atoms with Crippen LogP contribution in [0.4, 0.5) is 0 Å². The van der Waals surface area contributed by atoms with E-state index in [0.29, 0.717) is 6.42 Å². The van der Waals surface area contributed by atoms with Gasteiger partial charge in [-0.1, -0.05) is 0 Å². The van der Waals surface area contributed by atoms with Crippen molar-refractivity contribution in [3.8, 4) is 0 Å². The van der Waals surface area contributed by atoms with Crippen LogP contribution >= 0.6 is 0 Å². The molecule has 3 heteroatoms. The molecule has 0 radical (unpaired) electrons. The van der Waals surface area contributed by atoms with Crippen molar-refractivity contribution in [2.45, 2.75) is 25.4 Å². The summed E-state index contributed by atoms with van der Waals surface area (Å²) in [5.74, 6) is 0. The zero-order valence-electron chi connectivity index (χ0n) is 7.45. The molecule has 2 N–H and O–H groups in total. The Labute approximate surface area is 68.6 Å². The molecule has 0 amide bonds. The summed E-state index contributed by atoms with van der Waals surface area (Å²) in [6.07, 6.45) is 2.27. The van der Waals surface area contributed by atoms with Crippen molar-refractivity contribution in [2.75, 3.05) is 27.2 Å². The van der Waals surface area contributed by atoms with Gasteiger partial charge in [-0.25, -0.2) is 0 Å². The van der Waals surface area contributed by atoms with Crippen LogP contribution < -0.4 is 0 Å². The number of rotatable bonds is 6. The summed E-state index contributed by atoms with van der Waals surface area (Å²) >= 11 is 0. The third kappa shape index (κ3) is 7.78. The highest BCUT2D eigenvalue weighted by atomic mass is 16.3. The Morgan fingerprint density at radius 2 is 1.91 bits per heavy atom. The summed E-state index contributed by atoms with van der Waals surface area (Å²) in [4.78, 5) is 2.12. The fraction of sp³-hybridized carbons (Fsp3) is 1.00. The molecule has 0 aromatic heterocycles. The van der Waals surface area contributed by atoms with Gasteiger partial charge in [-0.15, -0.1) is 0 Å². The molecule has 0 heterocycles. The third-order valence-electron chi connectivity index (χ3n) is 1.60. The van der Waals surface area contributed by atoms with Crippen LogP contribution in [0.2, 0.25) is 0 Å². The Kier molecular flexibility index (Phi) is 6.51. The summed E-state index contributed by atoms with van der Waals surface area (Å²) in [6.45, 7) is 0.945. The minimum absolute atomic E-state index is 0.109. The van der Waals surface area contributed by atoms with Gasteiger partial charge in [-0.3, -0.25) is 0 Å². The topological polar surface area (TPSA) is 43.7 Å². The molecule has 0 aromatic rings. The second kappa shape index (κ2) is 6.58. The number of nitrogens with zero attached hydrogens (tertiary/aromatic N) is 1. The van der Waals surface area contributed by atoms with E-state index in [-0.39, 0.29) is 6.61 Å². The van der Waals surface area contributed by atoms with Crippen LogP contribution in [-0.2, 0) is 0 Å². The number of hydrogen-bond donors (Lipinski definition) is 2. The van der Waals surface area contributed by atoms with E-state index in [4.69, 9.17) is 10.2 Å². The molecule has 0 fully saturated rings. The predicted octanol–water partition coefficient (Wildman–Crippen LogP) is 0.0715. The SMILES string of the molecule is CN(C)CCCCC(O)CO. The van der Waals surface area contributed by atoms with Crippen molar-refractivity contribution < 1.29 is 10.2 Å². The van der Waals surface area contributed by atoms with Crippen molar-refractivity contribution in [1.82, 2.24) is 4.90 Å². The second-order valence-electron chi connectivity index (χ2n) is 3.14. The summed E-state index contributed by atoms with van der Waals surface area (Å²) in [5.41, 5.74) is 0. The molecular weight excluding hydrogens is 142 g/mol. The summed E-state index contributed by atoms with van der Waals surface area (Å²) in [7, 11) is 4.06. The third-order valence-corrected chi connectivity index (χ3v) is 1.60. The van der Waals surface area contributed by atoms with Gasteiger partial charge in [-0.2, -0.15) is 0 Å². The van der Waals surface area contributed by atoms with Crippen molar-refractivity contribution in [1.29, 1.82) is 0 Å². The Morgan fingerprint density at radius 3 is 2.36 bits per heavy atom. The largest absolute Gasteiger partial charge is 0.394 e. The zero-order valence-corrected chi connectivity index (χ0v) is 7.45. The highest BCUT2D eigenvalue weighted by Gasteiger charge is 2.00. The molecule has 0 aliphatic heterocycles. The molecule has 1 unspecified atom stereocenters. The summed E-state index contributed by atoms with van der Waals surface area (Å²) < 4.78 is 0. The standard InChI is InChI=1S/C8H19NO2/c1-9(2)6-4-3-5-8(11)7-10/h8,10-11H,3-7H2,1-2H3. The molecule has 68 valence electrons. The highest BCUT2D eigenvalue weighted by molar-refractivity contribution is 4.53. The van der Waals surface area contributed by atoms with E-state index in [1.807, 2.05) is 14.1 Å². The summed E-state index contributed by atoms with van der Waals surface area (Å²) in [5, 5.41) is 17.4. The predicted molar refractivity (Wildman–Crippen MR) is 45.5 cm³/mol. The van der Waals surface area contributed by atoms with E-state index < -0.39 is 6.10 Å². The first-order valence-electron chi connectivity index (χ1n) is 4.10. The second-order valence-corrected chi connectivity index (χ2v) is 3.14. The van der Waals surface area contributed by atoms with E-state index in [1.165, 1.54) is 0 Å². The zero-order chi connectivity index (χ0) is 8.69. The fourth-order valence-corrected chi connectivity index (χ4v) is 0.899. The van der Waals surface area contributed by atoms with E-state index >= 15 is 0 Å². The lowest BCUT2D eigenvalue weighted by Crippen LogP contribution is -2.15. The molecule has 0 bridgehead atoms. The van der Waals surface area contributed by atoms with Gasteiger partial charge in [0.25, 0.3) is 0 Å². The smallest absolute Gasteiger partial charge is 0.0770 e. The minimum Gasteiger partial charge on any atom is -0.394 e. The first-order valence-corrected chi connectivity index (χ1v) is 4.10. The lowest BCUT2D eigenvalue weighted by Gasteiger charge is -2.10.